The van der Waals surface area contributed by atoms with Crippen molar-refractivity contribution in [3.8, 4) is 34.1 Å². The Bertz CT molecular complexity index is 1590. The monoisotopic (exact) mass is 583 g/mol. The fraction of sp³-hybridized carbons (Fsp3) is 0.514. The van der Waals surface area contributed by atoms with Crippen molar-refractivity contribution < 1.29 is 23.7 Å². The van der Waals surface area contributed by atoms with E-state index in [4.69, 9.17) is 23.7 Å². The second-order valence-electron chi connectivity index (χ2n) is 13.5. The van der Waals surface area contributed by atoms with Gasteiger partial charge in [-0.3, -0.25) is 0 Å². The smallest absolute Gasteiger partial charge is 0.231 e. The van der Waals surface area contributed by atoms with Gasteiger partial charge in [0.15, 0.2) is 23.0 Å². The van der Waals surface area contributed by atoms with Gasteiger partial charge in [0.2, 0.25) is 6.79 Å². The first-order valence-electron chi connectivity index (χ1n) is 15.9. The summed E-state index contributed by atoms with van der Waals surface area (Å²) >= 11 is 0. The van der Waals surface area contributed by atoms with Crippen LogP contribution in [0.3, 0.4) is 0 Å². The van der Waals surface area contributed by atoms with Crippen LogP contribution in [0.4, 0.5) is 5.69 Å². The molecule has 3 aromatic carbocycles. The minimum atomic E-state index is -0.0488. The number of hydrogen-bond acceptors (Lipinski definition) is 6. The van der Waals surface area contributed by atoms with E-state index in [1.807, 2.05) is 13.2 Å². The van der Waals surface area contributed by atoms with E-state index in [2.05, 4.69) is 69.1 Å². The first-order chi connectivity index (χ1) is 20.8. The maximum Gasteiger partial charge on any atom is 0.231 e. The first-order valence-corrected chi connectivity index (χ1v) is 15.9. The van der Waals surface area contributed by atoms with Gasteiger partial charge in [0.25, 0.3) is 0 Å². The molecule has 0 unspecified atom stereocenters. The Morgan fingerprint density at radius 2 is 1.74 bits per heavy atom. The number of allylic oxidation sites excluding steroid dienone is 1. The number of benzene rings is 3. The molecule has 43 heavy (non-hydrogen) atoms. The van der Waals surface area contributed by atoms with Gasteiger partial charge in [0, 0.05) is 30.7 Å². The lowest BCUT2D eigenvalue weighted by Gasteiger charge is -2.51. The van der Waals surface area contributed by atoms with Crippen molar-refractivity contribution in [2.24, 2.45) is 23.7 Å². The summed E-state index contributed by atoms with van der Waals surface area (Å²) in [5, 5.41) is 2.33. The normalized spacial score (nSPS) is 27.4. The van der Waals surface area contributed by atoms with E-state index in [0.717, 1.165) is 47.6 Å². The molecule has 6 heteroatoms. The number of methoxy groups -OCH3 is 3. The van der Waals surface area contributed by atoms with Crippen molar-refractivity contribution >= 4 is 16.5 Å². The molecular formula is C37H45NO5. The van der Waals surface area contributed by atoms with Gasteiger partial charge in [-0.25, -0.2) is 0 Å². The van der Waals surface area contributed by atoms with Gasteiger partial charge in [-0.05, 0) is 97.9 Å². The predicted octanol–water partition coefficient (Wildman–Crippen LogP) is 8.56. The zero-order valence-electron chi connectivity index (χ0n) is 26.7. The molecule has 0 aromatic heterocycles. The molecule has 228 valence electrons. The van der Waals surface area contributed by atoms with Crippen molar-refractivity contribution in [2.75, 3.05) is 40.1 Å². The van der Waals surface area contributed by atoms with Gasteiger partial charge in [-0.2, -0.15) is 0 Å². The van der Waals surface area contributed by atoms with Gasteiger partial charge < -0.3 is 28.6 Å². The molecule has 4 aliphatic rings. The number of fused-ring (bicyclic) bond motifs is 7. The topological polar surface area (TPSA) is 49.4 Å². The molecule has 0 saturated heterocycles. The molecule has 0 amide bonds. The largest absolute Gasteiger partial charge is 0.493 e. The summed E-state index contributed by atoms with van der Waals surface area (Å²) in [5.41, 5.74) is 6.31. The van der Waals surface area contributed by atoms with Crippen LogP contribution in [0.1, 0.15) is 64.5 Å². The zero-order chi connectivity index (χ0) is 30.0. The highest BCUT2D eigenvalue weighted by molar-refractivity contribution is 6.05. The van der Waals surface area contributed by atoms with E-state index in [-0.39, 0.29) is 18.4 Å². The highest BCUT2D eigenvalue weighted by Crippen LogP contribution is 2.57. The Labute approximate surface area is 255 Å². The van der Waals surface area contributed by atoms with E-state index in [1.165, 1.54) is 40.6 Å². The van der Waals surface area contributed by atoms with Crippen LogP contribution in [0.5, 0.6) is 23.0 Å². The van der Waals surface area contributed by atoms with Crippen molar-refractivity contribution in [3.05, 3.63) is 53.6 Å². The molecule has 5 atom stereocenters. The lowest BCUT2D eigenvalue weighted by Crippen LogP contribution is -2.49. The minimum Gasteiger partial charge on any atom is -0.493 e. The summed E-state index contributed by atoms with van der Waals surface area (Å²) in [6.45, 7) is 7.40. The minimum absolute atomic E-state index is 0.0488. The van der Waals surface area contributed by atoms with Gasteiger partial charge in [0.1, 0.15) is 0 Å². The summed E-state index contributed by atoms with van der Waals surface area (Å²) in [4.78, 5) is 2.47. The van der Waals surface area contributed by atoms with Crippen LogP contribution in [-0.4, -0.2) is 40.8 Å². The fourth-order valence-corrected chi connectivity index (χ4v) is 8.82. The van der Waals surface area contributed by atoms with E-state index < -0.39 is 0 Å². The molecule has 7 rings (SSSR count). The van der Waals surface area contributed by atoms with Gasteiger partial charge in [-0.1, -0.05) is 37.6 Å². The Hall–Kier alpha value is -3.38. The second-order valence-corrected chi connectivity index (χ2v) is 13.5. The third-order valence-electron chi connectivity index (χ3n) is 11.2. The van der Waals surface area contributed by atoms with E-state index in [1.54, 1.807) is 19.8 Å². The predicted molar refractivity (Wildman–Crippen MR) is 172 cm³/mol. The quantitative estimate of drug-likeness (QED) is 0.271. The van der Waals surface area contributed by atoms with Crippen LogP contribution < -0.4 is 23.8 Å². The molecule has 1 fully saturated rings. The lowest BCUT2D eigenvalue weighted by molar-refractivity contribution is -0.108. The molecule has 2 heterocycles. The lowest BCUT2D eigenvalue weighted by atomic mass is 9.58. The standard InChI is InChI=1S/C37H45NO5/c1-21(2)24-14-15-37(3,41-7)29-12-8-22(16-28(24)29)17-30-34-25(11-13-31(39-5)36(34)40-6)26-10-9-23-18-32-33(43-20-42-32)19-27(23)35(26)38(30)4/h9-11,13,16,18-19,21,24,28-30H,8,12,14-15,17,20H2,1-7H3/t24-,28+,29+,30-,37+/m0/s1. The zero-order valence-corrected chi connectivity index (χ0v) is 26.7. The maximum atomic E-state index is 6.21. The number of hydrogen-bond donors (Lipinski definition) is 0. The number of nitrogens with zero attached hydrogens (tertiary/aromatic N) is 1. The Balaban J connectivity index is 1.36. The Kier molecular flexibility index (Phi) is 7.04. The van der Waals surface area contributed by atoms with Gasteiger partial charge >= 0.3 is 0 Å². The van der Waals surface area contributed by atoms with Gasteiger partial charge in [-0.15, -0.1) is 0 Å². The molecule has 2 aliphatic heterocycles. The molecule has 0 N–H and O–H groups in total. The summed E-state index contributed by atoms with van der Waals surface area (Å²) in [7, 11) is 7.63. The van der Waals surface area contributed by atoms with Crippen molar-refractivity contribution in [1.82, 2.24) is 0 Å². The van der Waals surface area contributed by atoms with Crippen LogP contribution in [0.2, 0.25) is 0 Å². The maximum absolute atomic E-state index is 6.21. The van der Waals surface area contributed by atoms with Crippen LogP contribution in [-0.2, 0) is 4.74 Å². The van der Waals surface area contributed by atoms with E-state index in [0.29, 0.717) is 23.7 Å². The summed E-state index contributed by atoms with van der Waals surface area (Å²) in [6, 6.07) is 13.0. The van der Waals surface area contributed by atoms with Crippen LogP contribution in [0.15, 0.2) is 48.0 Å². The van der Waals surface area contributed by atoms with Gasteiger partial charge in [0.05, 0.1) is 31.5 Å². The molecule has 3 aromatic rings. The third-order valence-corrected chi connectivity index (χ3v) is 11.2. The molecule has 0 spiro atoms. The van der Waals surface area contributed by atoms with Crippen LogP contribution >= 0.6 is 0 Å². The molecule has 2 aliphatic carbocycles. The number of rotatable bonds is 6. The number of ether oxygens (including phenoxy) is 5. The van der Waals surface area contributed by atoms with E-state index >= 15 is 0 Å². The highest BCUT2D eigenvalue weighted by atomic mass is 16.7. The average molecular weight is 584 g/mol. The Morgan fingerprint density at radius 1 is 0.977 bits per heavy atom. The average Bonchev–Trinajstić information content (AvgIpc) is 3.48. The molecule has 0 radical (unpaired) electrons. The van der Waals surface area contributed by atoms with Crippen molar-refractivity contribution in [2.45, 2.75) is 64.5 Å². The van der Waals surface area contributed by atoms with Crippen molar-refractivity contribution in [3.63, 3.8) is 0 Å². The van der Waals surface area contributed by atoms with Crippen LogP contribution in [0.25, 0.3) is 21.9 Å². The third kappa shape index (κ3) is 4.39. The van der Waals surface area contributed by atoms with E-state index in [9.17, 15) is 0 Å². The SMILES string of the molecule is COc1ccc2c(c1OC)[C@H](CC1=C[C@H]3[C@@H](CC1)[C@](C)(OC)CC[C@H]3C(C)C)N(C)c1c-2ccc2cc3c(cc12)OCO3. The fourth-order valence-electron chi connectivity index (χ4n) is 8.82. The number of anilines is 1. The molecule has 0 bridgehead atoms. The first kappa shape index (κ1) is 28.4. The van der Waals surface area contributed by atoms with Crippen molar-refractivity contribution in [1.29, 1.82) is 0 Å². The molecular weight excluding hydrogens is 538 g/mol. The highest BCUT2D eigenvalue weighted by Gasteiger charge is 2.48. The summed E-state index contributed by atoms with van der Waals surface area (Å²) in [5.74, 6) is 5.65. The van der Waals surface area contributed by atoms with Crippen LogP contribution in [0, 0.1) is 23.7 Å². The molecule has 6 nitrogen and oxygen atoms in total. The summed E-state index contributed by atoms with van der Waals surface area (Å²) < 4.78 is 29.7. The molecule has 1 saturated carbocycles. The second kappa shape index (κ2) is 10.7. The Morgan fingerprint density at radius 3 is 2.47 bits per heavy atom. The summed E-state index contributed by atoms with van der Waals surface area (Å²) in [6.07, 6.45) is 8.23.